The van der Waals surface area contributed by atoms with Gasteiger partial charge in [-0.15, -0.1) is 0 Å². The summed E-state index contributed by atoms with van der Waals surface area (Å²) in [4.78, 5) is 25.2. The average molecular weight is 688 g/mol. The SMILES string of the molecule is CC(C)c1c(-c2ccc(C(=O)O)cc2O)c2cc3c(cnn3C(=O)C(C)(C)C)cc2n1-c1ccc(F)cc1OCCO[Si](C)(C)C(C)(C)C. The zero-order valence-corrected chi connectivity index (χ0v) is 30.9. The number of carboxylic acids is 1. The molecular weight excluding hydrogens is 642 g/mol. The number of carbonyl (C=O) groups excluding carboxylic acids is 1. The van der Waals surface area contributed by atoms with Crippen molar-refractivity contribution in [2.75, 3.05) is 13.2 Å². The van der Waals surface area contributed by atoms with Crippen LogP contribution in [0, 0.1) is 11.2 Å². The van der Waals surface area contributed by atoms with Gasteiger partial charge in [0.05, 0.1) is 35.1 Å². The van der Waals surface area contributed by atoms with E-state index in [1.807, 2.05) is 51.3 Å². The first-order valence-electron chi connectivity index (χ1n) is 16.5. The quantitative estimate of drug-likeness (QED) is 0.117. The predicted molar refractivity (Wildman–Crippen MR) is 193 cm³/mol. The van der Waals surface area contributed by atoms with Gasteiger partial charge in [0.15, 0.2) is 8.32 Å². The second-order valence-electron chi connectivity index (χ2n) is 15.4. The highest BCUT2D eigenvalue weighted by molar-refractivity contribution is 6.74. The number of hydrogen-bond donors (Lipinski definition) is 2. The molecule has 260 valence electrons. The lowest BCUT2D eigenvalue weighted by Gasteiger charge is -2.36. The molecule has 49 heavy (non-hydrogen) atoms. The second kappa shape index (κ2) is 12.8. The van der Waals surface area contributed by atoms with E-state index in [0.29, 0.717) is 51.0 Å². The summed E-state index contributed by atoms with van der Waals surface area (Å²) in [6.45, 7) is 20.9. The van der Waals surface area contributed by atoms with Gasteiger partial charge in [0.25, 0.3) is 5.91 Å². The highest BCUT2D eigenvalue weighted by Crippen LogP contribution is 2.46. The minimum absolute atomic E-state index is 0.0223. The Labute approximate surface area is 287 Å². The van der Waals surface area contributed by atoms with Gasteiger partial charge in [-0.1, -0.05) is 55.4 Å². The molecule has 0 aliphatic carbocycles. The van der Waals surface area contributed by atoms with Gasteiger partial charge >= 0.3 is 5.97 Å². The summed E-state index contributed by atoms with van der Waals surface area (Å²) in [6, 6.07) is 12.5. The number of benzene rings is 3. The first-order valence-corrected chi connectivity index (χ1v) is 19.4. The maximum atomic E-state index is 14.9. The molecule has 3 aromatic carbocycles. The molecular formula is C38H46FN3O6Si. The van der Waals surface area contributed by atoms with Crippen LogP contribution >= 0.6 is 0 Å². The maximum absolute atomic E-state index is 14.9. The number of carboxylic acid groups (broad SMARTS) is 1. The molecule has 2 N–H and O–H groups in total. The van der Waals surface area contributed by atoms with Crippen molar-refractivity contribution in [2.24, 2.45) is 5.41 Å². The van der Waals surface area contributed by atoms with Crippen LogP contribution in [0.25, 0.3) is 38.6 Å². The number of aromatic hydroxyl groups is 1. The smallest absolute Gasteiger partial charge is 0.335 e. The second-order valence-corrected chi connectivity index (χ2v) is 20.2. The molecule has 2 aromatic heterocycles. The van der Waals surface area contributed by atoms with E-state index in [4.69, 9.17) is 9.16 Å². The molecule has 0 bridgehead atoms. The van der Waals surface area contributed by atoms with Gasteiger partial charge in [-0.25, -0.2) is 9.18 Å². The van der Waals surface area contributed by atoms with Crippen LogP contribution in [-0.2, 0) is 4.43 Å². The summed E-state index contributed by atoms with van der Waals surface area (Å²) in [6.07, 6.45) is 1.64. The molecule has 0 amide bonds. The molecule has 0 spiro atoms. The van der Waals surface area contributed by atoms with Crippen molar-refractivity contribution in [3.8, 4) is 28.3 Å². The number of rotatable bonds is 9. The highest BCUT2D eigenvalue weighted by Gasteiger charge is 2.37. The molecule has 0 saturated heterocycles. The predicted octanol–water partition coefficient (Wildman–Crippen LogP) is 9.40. The number of aromatic carboxylic acids is 1. The Morgan fingerprint density at radius 1 is 0.959 bits per heavy atom. The van der Waals surface area contributed by atoms with Gasteiger partial charge in [-0.05, 0) is 66.5 Å². The molecule has 5 rings (SSSR count). The summed E-state index contributed by atoms with van der Waals surface area (Å²) < 4.78 is 30.8. The molecule has 2 heterocycles. The van der Waals surface area contributed by atoms with E-state index < -0.39 is 25.5 Å². The molecule has 0 aliphatic rings. The monoisotopic (exact) mass is 687 g/mol. The van der Waals surface area contributed by atoms with Crippen molar-refractivity contribution in [1.29, 1.82) is 0 Å². The van der Waals surface area contributed by atoms with Crippen molar-refractivity contribution in [1.82, 2.24) is 14.3 Å². The van der Waals surface area contributed by atoms with Crippen molar-refractivity contribution in [3.05, 3.63) is 71.8 Å². The fourth-order valence-corrected chi connectivity index (χ4v) is 6.75. The fraction of sp³-hybridized carbons (Fsp3) is 0.395. The summed E-state index contributed by atoms with van der Waals surface area (Å²) >= 11 is 0. The Morgan fingerprint density at radius 3 is 2.24 bits per heavy atom. The minimum atomic E-state index is -2.04. The normalized spacial score (nSPS) is 12.7. The van der Waals surface area contributed by atoms with Crippen LogP contribution < -0.4 is 4.74 Å². The van der Waals surface area contributed by atoms with Gasteiger partial charge in [0.2, 0.25) is 0 Å². The molecule has 11 heteroatoms. The number of carbonyl (C=O) groups is 2. The van der Waals surface area contributed by atoms with E-state index in [0.717, 1.165) is 5.69 Å². The first kappa shape index (κ1) is 35.8. The zero-order chi connectivity index (χ0) is 36.2. The van der Waals surface area contributed by atoms with Crippen LogP contribution in [0.2, 0.25) is 18.1 Å². The first-order chi connectivity index (χ1) is 22.7. The van der Waals surface area contributed by atoms with Crippen LogP contribution in [-0.4, -0.2) is 58.0 Å². The average Bonchev–Trinajstić information content (AvgIpc) is 3.55. The fourth-order valence-electron chi connectivity index (χ4n) is 5.73. The molecule has 0 atom stereocenters. The third-order valence-electron chi connectivity index (χ3n) is 9.36. The number of hydrogen-bond acceptors (Lipinski definition) is 6. The van der Waals surface area contributed by atoms with E-state index in [9.17, 15) is 24.2 Å². The summed E-state index contributed by atoms with van der Waals surface area (Å²) in [7, 11) is -2.04. The largest absolute Gasteiger partial charge is 0.507 e. The zero-order valence-electron chi connectivity index (χ0n) is 29.9. The Hall–Kier alpha value is -4.48. The number of phenolic OH excluding ortho intramolecular Hbond substituents is 1. The van der Waals surface area contributed by atoms with Gasteiger partial charge in [0, 0.05) is 39.1 Å². The lowest BCUT2D eigenvalue weighted by Crippen LogP contribution is -2.41. The summed E-state index contributed by atoms with van der Waals surface area (Å²) in [5.74, 6) is -1.85. The highest BCUT2D eigenvalue weighted by atomic mass is 28.4. The molecule has 0 unspecified atom stereocenters. The number of ether oxygens (including phenoxy) is 1. The Balaban J connectivity index is 1.78. The standard InChI is InChI=1S/C38H46FN3O6Si/c1-22(2)34-33(26-13-11-23(35(44)45)18-31(26)43)27-20-29-24(21-40-42(29)36(46)37(3,4)5)17-30(27)41(34)28-14-12-25(39)19-32(28)47-15-16-48-49(9,10)38(6,7)8/h11-14,17-22,43H,15-16H2,1-10H3,(H,44,45). The Bertz CT molecular complexity index is 2080. The van der Waals surface area contributed by atoms with E-state index in [1.165, 1.54) is 28.9 Å². The molecule has 0 aliphatic heterocycles. The van der Waals surface area contributed by atoms with Crippen LogP contribution in [0.4, 0.5) is 4.39 Å². The van der Waals surface area contributed by atoms with Crippen molar-refractivity contribution in [3.63, 3.8) is 0 Å². The van der Waals surface area contributed by atoms with E-state index in [2.05, 4.69) is 39.0 Å². The third kappa shape index (κ3) is 6.74. The van der Waals surface area contributed by atoms with Crippen LogP contribution in [0.3, 0.4) is 0 Å². The number of fused-ring (bicyclic) bond motifs is 2. The van der Waals surface area contributed by atoms with Gasteiger partial charge in [-0.2, -0.15) is 9.78 Å². The number of phenols is 1. The van der Waals surface area contributed by atoms with Gasteiger partial charge in [0.1, 0.15) is 23.9 Å². The van der Waals surface area contributed by atoms with Gasteiger partial charge in [-0.3, -0.25) is 4.79 Å². The topological polar surface area (TPSA) is 116 Å². The summed E-state index contributed by atoms with van der Waals surface area (Å²) in [5.41, 5.74) is 2.95. The Kier molecular flexibility index (Phi) is 9.33. The third-order valence-corrected chi connectivity index (χ3v) is 13.9. The Morgan fingerprint density at radius 2 is 1.65 bits per heavy atom. The number of aromatic nitrogens is 3. The maximum Gasteiger partial charge on any atom is 0.335 e. The molecule has 0 fully saturated rings. The lowest BCUT2D eigenvalue weighted by atomic mass is 9.94. The van der Waals surface area contributed by atoms with E-state index in [1.54, 1.807) is 18.3 Å². The van der Waals surface area contributed by atoms with Crippen LogP contribution in [0.5, 0.6) is 11.5 Å². The van der Waals surface area contributed by atoms with Gasteiger partial charge < -0.3 is 23.9 Å². The molecule has 0 radical (unpaired) electrons. The van der Waals surface area contributed by atoms with Crippen molar-refractivity contribution >= 4 is 42.0 Å². The van der Waals surface area contributed by atoms with E-state index >= 15 is 0 Å². The minimum Gasteiger partial charge on any atom is -0.507 e. The number of halogens is 1. The lowest BCUT2D eigenvalue weighted by molar-refractivity contribution is 0.0695. The summed E-state index contributed by atoms with van der Waals surface area (Å²) in [5, 5.41) is 26.8. The van der Waals surface area contributed by atoms with Crippen LogP contribution in [0.1, 0.15) is 82.2 Å². The molecule has 0 saturated carbocycles. The number of nitrogens with zero attached hydrogens (tertiary/aromatic N) is 3. The van der Waals surface area contributed by atoms with E-state index in [-0.39, 0.29) is 34.8 Å². The molecule has 9 nitrogen and oxygen atoms in total. The van der Waals surface area contributed by atoms with Crippen molar-refractivity contribution in [2.45, 2.75) is 79.4 Å². The molecule has 5 aromatic rings. The van der Waals surface area contributed by atoms with Crippen molar-refractivity contribution < 1.29 is 33.4 Å². The van der Waals surface area contributed by atoms with Crippen LogP contribution in [0.15, 0.2) is 54.7 Å².